The molecule has 0 bridgehead atoms. The summed E-state index contributed by atoms with van der Waals surface area (Å²) in [6.45, 7) is 6.77. The molecule has 1 atom stereocenters. The SMILES string of the molecule is Cc1c[nH]c2cccc(OC[C@H](O)CN3CCN(C(c4ccccc4)c4ccccc4)CC3)c12. The molecule has 5 rings (SSSR count). The van der Waals surface area contributed by atoms with Gasteiger partial charge in [-0.15, -0.1) is 0 Å². The second-order valence-electron chi connectivity index (χ2n) is 9.18. The summed E-state index contributed by atoms with van der Waals surface area (Å²) in [4.78, 5) is 8.16. The van der Waals surface area contributed by atoms with Crippen molar-refractivity contribution >= 4 is 10.9 Å². The Morgan fingerprint density at radius 3 is 2.15 bits per heavy atom. The number of aromatic nitrogens is 1. The van der Waals surface area contributed by atoms with Gasteiger partial charge >= 0.3 is 0 Å². The molecule has 4 aromatic rings. The van der Waals surface area contributed by atoms with Crippen LogP contribution < -0.4 is 4.74 Å². The van der Waals surface area contributed by atoms with Gasteiger partial charge in [0.25, 0.3) is 0 Å². The third-order valence-electron chi connectivity index (χ3n) is 6.77. The molecule has 0 saturated carbocycles. The van der Waals surface area contributed by atoms with Crippen LogP contribution in [-0.2, 0) is 0 Å². The van der Waals surface area contributed by atoms with Gasteiger partial charge in [0.2, 0.25) is 0 Å². The van der Waals surface area contributed by atoms with Crippen molar-refractivity contribution in [2.45, 2.75) is 19.1 Å². The molecule has 1 aliphatic rings. The van der Waals surface area contributed by atoms with E-state index in [4.69, 9.17) is 4.74 Å². The first-order valence-electron chi connectivity index (χ1n) is 12.1. The molecule has 5 heteroatoms. The largest absolute Gasteiger partial charge is 0.490 e. The first kappa shape index (κ1) is 22.7. The number of fused-ring (bicyclic) bond motifs is 1. The van der Waals surface area contributed by atoms with Crippen LogP contribution in [0.3, 0.4) is 0 Å². The molecular weight excluding hydrogens is 422 g/mol. The summed E-state index contributed by atoms with van der Waals surface area (Å²) in [7, 11) is 0. The van der Waals surface area contributed by atoms with Crippen molar-refractivity contribution in [2.75, 3.05) is 39.3 Å². The van der Waals surface area contributed by atoms with E-state index < -0.39 is 6.10 Å². The van der Waals surface area contributed by atoms with E-state index in [2.05, 4.69) is 82.4 Å². The number of rotatable bonds is 8. The number of ether oxygens (including phenoxy) is 1. The second kappa shape index (κ2) is 10.4. The highest BCUT2D eigenvalue weighted by atomic mass is 16.5. The van der Waals surface area contributed by atoms with E-state index in [-0.39, 0.29) is 6.04 Å². The van der Waals surface area contributed by atoms with Crippen molar-refractivity contribution in [3.8, 4) is 5.75 Å². The first-order chi connectivity index (χ1) is 16.7. The standard InChI is InChI=1S/C29H33N3O2/c1-22-19-30-26-13-8-14-27(28(22)26)34-21-25(33)20-31-15-17-32(18-16-31)29(23-9-4-2-5-10-23)24-11-6-3-7-12-24/h2-14,19,25,29-30,33H,15-18,20-21H2,1H3/t25-/m1/s1. The summed E-state index contributed by atoms with van der Waals surface area (Å²) >= 11 is 0. The van der Waals surface area contributed by atoms with Gasteiger partial charge in [-0.3, -0.25) is 9.80 Å². The Morgan fingerprint density at radius 1 is 0.853 bits per heavy atom. The van der Waals surface area contributed by atoms with E-state index in [1.165, 1.54) is 11.1 Å². The summed E-state index contributed by atoms with van der Waals surface area (Å²) in [6.07, 6.45) is 1.46. The molecule has 1 aromatic heterocycles. The maximum Gasteiger partial charge on any atom is 0.129 e. The van der Waals surface area contributed by atoms with Gasteiger partial charge < -0.3 is 14.8 Å². The lowest BCUT2D eigenvalue weighted by molar-refractivity contribution is 0.0404. The third kappa shape index (κ3) is 5.02. The minimum atomic E-state index is -0.528. The van der Waals surface area contributed by atoms with Crippen molar-refractivity contribution in [3.05, 3.63) is 102 Å². The molecular formula is C29H33N3O2. The minimum Gasteiger partial charge on any atom is -0.490 e. The number of hydrogen-bond donors (Lipinski definition) is 2. The molecule has 5 nitrogen and oxygen atoms in total. The van der Waals surface area contributed by atoms with Gasteiger partial charge in [0.05, 0.1) is 6.04 Å². The van der Waals surface area contributed by atoms with Crippen LogP contribution >= 0.6 is 0 Å². The number of piperazine rings is 1. The Kier molecular flexibility index (Phi) is 6.95. The maximum atomic E-state index is 10.7. The number of aliphatic hydroxyl groups is 1. The number of nitrogens with one attached hydrogen (secondary N) is 1. The molecule has 1 aliphatic heterocycles. The number of hydrogen-bond acceptors (Lipinski definition) is 4. The molecule has 2 N–H and O–H groups in total. The minimum absolute atomic E-state index is 0.253. The Hall–Kier alpha value is -3.12. The second-order valence-corrected chi connectivity index (χ2v) is 9.18. The van der Waals surface area contributed by atoms with Crippen LogP contribution in [0.5, 0.6) is 5.75 Å². The van der Waals surface area contributed by atoms with E-state index >= 15 is 0 Å². The topological polar surface area (TPSA) is 51.7 Å². The quantitative estimate of drug-likeness (QED) is 0.407. The predicted molar refractivity (Wildman–Crippen MR) is 137 cm³/mol. The van der Waals surface area contributed by atoms with E-state index in [9.17, 15) is 5.11 Å². The molecule has 2 heterocycles. The summed E-state index contributed by atoms with van der Waals surface area (Å²) in [6, 6.07) is 27.8. The van der Waals surface area contributed by atoms with Gasteiger partial charge in [-0.1, -0.05) is 66.7 Å². The van der Waals surface area contributed by atoms with Crippen LogP contribution in [0.25, 0.3) is 10.9 Å². The molecule has 0 radical (unpaired) electrons. The fourth-order valence-electron chi connectivity index (χ4n) is 5.06. The maximum absolute atomic E-state index is 10.7. The van der Waals surface area contributed by atoms with Crippen LogP contribution in [0.4, 0.5) is 0 Å². The van der Waals surface area contributed by atoms with Crippen LogP contribution in [-0.4, -0.2) is 65.3 Å². The Bertz CT molecular complexity index is 1140. The Balaban J connectivity index is 1.18. The molecule has 0 amide bonds. The van der Waals surface area contributed by atoms with Gasteiger partial charge in [0, 0.05) is 49.8 Å². The molecule has 3 aromatic carbocycles. The van der Waals surface area contributed by atoms with Gasteiger partial charge in [0.1, 0.15) is 18.5 Å². The molecule has 0 aliphatic carbocycles. The smallest absolute Gasteiger partial charge is 0.129 e. The third-order valence-corrected chi connectivity index (χ3v) is 6.77. The van der Waals surface area contributed by atoms with Crippen molar-refractivity contribution < 1.29 is 9.84 Å². The van der Waals surface area contributed by atoms with Crippen molar-refractivity contribution in [1.29, 1.82) is 0 Å². The number of aryl methyl sites for hydroxylation is 1. The molecule has 1 fully saturated rings. The fraction of sp³-hybridized carbons (Fsp3) is 0.310. The highest BCUT2D eigenvalue weighted by Gasteiger charge is 2.27. The summed E-state index contributed by atoms with van der Waals surface area (Å²) in [5.41, 5.74) is 4.87. The van der Waals surface area contributed by atoms with E-state index in [1.807, 2.05) is 24.4 Å². The van der Waals surface area contributed by atoms with Crippen molar-refractivity contribution in [1.82, 2.24) is 14.8 Å². The Morgan fingerprint density at radius 2 is 1.50 bits per heavy atom. The van der Waals surface area contributed by atoms with Crippen LogP contribution in [0.1, 0.15) is 22.7 Å². The lowest BCUT2D eigenvalue weighted by atomic mass is 9.96. The number of H-pyrrole nitrogens is 1. The summed E-state index contributed by atoms with van der Waals surface area (Å²) in [5, 5.41) is 11.8. The summed E-state index contributed by atoms with van der Waals surface area (Å²) < 4.78 is 6.03. The normalized spacial score (nSPS) is 16.2. The lowest BCUT2D eigenvalue weighted by Crippen LogP contribution is -2.50. The number of nitrogens with zero attached hydrogens (tertiary/aromatic N) is 2. The Labute approximate surface area is 201 Å². The van der Waals surface area contributed by atoms with Crippen molar-refractivity contribution in [3.63, 3.8) is 0 Å². The molecule has 34 heavy (non-hydrogen) atoms. The number of β-amino-alcohol motifs (C(OH)–C–C–N with tert-alkyl or cyclic N) is 1. The number of aromatic amines is 1. The fourth-order valence-corrected chi connectivity index (χ4v) is 5.06. The zero-order valence-electron chi connectivity index (χ0n) is 19.7. The van der Waals surface area contributed by atoms with Crippen molar-refractivity contribution in [2.24, 2.45) is 0 Å². The predicted octanol–water partition coefficient (Wildman–Crippen LogP) is 4.62. The molecule has 176 valence electrons. The van der Waals surface area contributed by atoms with E-state index in [0.717, 1.165) is 48.4 Å². The highest BCUT2D eigenvalue weighted by Crippen LogP contribution is 2.30. The van der Waals surface area contributed by atoms with Gasteiger partial charge in [-0.05, 0) is 35.7 Å². The summed E-state index contributed by atoms with van der Waals surface area (Å²) in [5.74, 6) is 0.827. The lowest BCUT2D eigenvalue weighted by Gasteiger charge is -2.40. The highest BCUT2D eigenvalue weighted by molar-refractivity contribution is 5.89. The average molecular weight is 456 g/mol. The first-order valence-corrected chi connectivity index (χ1v) is 12.1. The van der Waals surface area contributed by atoms with E-state index in [1.54, 1.807) is 0 Å². The van der Waals surface area contributed by atoms with Gasteiger partial charge in [-0.25, -0.2) is 0 Å². The van der Waals surface area contributed by atoms with E-state index in [0.29, 0.717) is 13.2 Å². The zero-order valence-corrected chi connectivity index (χ0v) is 19.7. The van der Waals surface area contributed by atoms with Crippen LogP contribution in [0.15, 0.2) is 85.1 Å². The van der Waals surface area contributed by atoms with Gasteiger partial charge in [-0.2, -0.15) is 0 Å². The zero-order chi connectivity index (χ0) is 23.3. The van der Waals surface area contributed by atoms with Crippen LogP contribution in [0.2, 0.25) is 0 Å². The van der Waals surface area contributed by atoms with Gasteiger partial charge in [0.15, 0.2) is 0 Å². The monoisotopic (exact) mass is 455 g/mol. The van der Waals surface area contributed by atoms with Crippen LogP contribution in [0, 0.1) is 6.92 Å². The number of benzene rings is 3. The average Bonchev–Trinajstić information content (AvgIpc) is 3.27. The molecule has 0 unspecified atom stereocenters. The molecule has 0 spiro atoms. The number of aliphatic hydroxyl groups excluding tert-OH is 1. The molecule has 1 saturated heterocycles.